The molecule has 7 heteroatoms. The zero-order valence-electron chi connectivity index (χ0n) is 12.3. The molecule has 2 aliphatic rings. The molecule has 3 rings (SSSR count). The van der Waals surface area contributed by atoms with E-state index in [1.165, 1.54) is 0 Å². The van der Waals surface area contributed by atoms with Crippen molar-refractivity contribution in [2.75, 3.05) is 0 Å². The largest absolute Gasteiger partial charge is 0.492 e. The Morgan fingerprint density at radius 1 is 1.41 bits per heavy atom. The Bertz CT molecular complexity index is 629. The van der Waals surface area contributed by atoms with Crippen LogP contribution in [0.3, 0.4) is 0 Å². The number of amides is 1. The number of carbonyl (C=O) groups excluding carboxylic acids is 1. The zero-order chi connectivity index (χ0) is 15.9. The number of carboxylic acids is 1. The van der Waals surface area contributed by atoms with E-state index < -0.39 is 25.0 Å². The molecule has 0 saturated heterocycles. The van der Waals surface area contributed by atoms with Gasteiger partial charge in [0.15, 0.2) is 0 Å². The fourth-order valence-electron chi connectivity index (χ4n) is 3.13. The molecule has 1 aromatic rings. The highest BCUT2D eigenvalue weighted by Crippen LogP contribution is 2.30. The topological polar surface area (TPSA) is 95.9 Å². The SMILES string of the molecule is Cc1c(C(=O)NC(C(=O)O)C2CCC2)ccc2c1B(O)OC2. The van der Waals surface area contributed by atoms with Crippen molar-refractivity contribution in [1.82, 2.24) is 5.32 Å². The summed E-state index contributed by atoms with van der Waals surface area (Å²) < 4.78 is 5.15. The minimum Gasteiger partial charge on any atom is -0.480 e. The molecule has 1 aliphatic carbocycles. The molecular weight excluding hydrogens is 285 g/mol. The molecule has 22 heavy (non-hydrogen) atoms. The van der Waals surface area contributed by atoms with E-state index in [1.807, 2.05) is 0 Å². The van der Waals surface area contributed by atoms with Gasteiger partial charge < -0.3 is 20.1 Å². The molecule has 0 bridgehead atoms. The monoisotopic (exact) mass is 303 g/mol. The summed E-state index contributed by atoms with van der Waals surface area (Å²) in [5.74, 6) is -1.41. The number of nitrogens with one attached hydrogen (secondary N) is 1. The molecule has 1 saturated carbocycles. The third-order valence-electron chi connectivity index (χ3n) is 4.67. The van der Waals surface area contributed by atoms with Crippen LogP contribution in [-0.2, 0) is 16.1 Å². The van der Waals surface area contributed by atoms with Crippen LogP contribution in [0, 0.1) is 12.8 Å². The predicted octanol–water partition coefficient (Wildman–Crippen LogP) is 0.196. The fraction of sp³-hybridized carbons (Fsp3) is 0.467. The smallest absolute Gasteiger partial charge is 0.480 e. The second kappa shape index (κ2) is 5.74. The average molecular weight is 303 g/mol. The molecule has 3 N–H and O–H groups in total. The number of carbonyl (C=O) groups is 2. The van der Waals surface area contributed by atoms with Gasteiger partial charge in [-0.3, -0.25) is 4.79 Å². The van der Waals surface area contributed by atoms with Crippen LogP contribution >= 0.6 is 0 Å². The predicted molar refractivity (Wildman–Crippen MR) is 79.8 cm³/mol. The van der Waals surface area contributed by atoms with Gasteiger partial charge in [0, 0.05) is 5.56 Å². The van der Waals surface area contributed by atoms with E-state index in [1.54, 1.807) is 19.1 Å². The van der Waals surface area contributed by atoms with Crippen LogP contribution in [0.1, 0.15) is 40.7 Å². The number of fused-ring (bicyclic) bond motifs is 1. The standard InChI is InChI=1S/C15H18BNO5/c1-8-11(6-5-10-7-22-16(21)12(8)10)14(18)17-13(15(19)20)9-3-2-4-9/h5-6,9,13,21H,2-4,7H2,1H3,(H,17,18)(H,19,20). The van der Waals surface area contributed by atoms with Crippen LogP contribution in [0.4, 0.5) is 0 Å². The van der Waals surface area contributed by atoms with Crippen molar-refractivity contribution in [2.45, 2.75) is 38.8 Å². The summed E-state index contributed by atoms with van der Waals surface area (Å²) in [5, 5.41) is 21.7. The summed E-state index contributed by atoms with van der Waals surface area (Å²) in [5.41, 5.74) is 2.49. The molecule has 1 aliphatic heterocycles. The van der Waals surface area contributed by atoms with Crippen molar-refractivity contribution < 1.29 is 24.4 Å². The van der Waals surface area contributed by atoms with Crippen LogP contribution in [0.25, 0.3) is 0 Å². The Morgan fingerprint density at radius 2 is 2.14 bits per heavy atom. The third-order valence-corrected chi connectivity index (χ3v) is 4.67. The summed E-state index contributed by atoms with van der Waals surface area (Å²) >= 11 is 0. The van der Waals surface area contributed by atoms with Crippen LogP contribution < -0.4 is 10.8 Å². The van der Waals surface area contributed by atoms with Gasteiger partial charge in [0.2, 0.25) is 0 Å². The van der Waals surface area contributed by atoms with E-state index in [4.69, 9.17) is 4.65 Å². The molecule has 116 valence electrons. The van der Waals surface area contributed by atoms with E-state index in [9.17, 15) is 19.7 Å². The van der Waals surface area contributed by atoms with Gasteiger partial charge in [-0.15, -0.1) is 0 Å². The van der Waals surface area contributed by atoms with Crippen molar-refractivity contribution in [3.8, 4) is 0 Å². The highest BCUT2D eigenvalue weighted by atomic mass is 16.5. The van der Waals surface area contributed by atoms with E-state index in [-0.39, 0.29) is 5.92 Å². The number of hydrogen-bond acceptors (Lipinski definition) is 4. The first-order valence-electron chi connectivity index (χ1n) is 7.44. The average Bonchev–Trinajstić information content (AvgIpc) is 2.78. The summed E-state index contributed by atoms with van der Waals surface area (Å²) in [6.07, 6.45) is 2.66. The van der Waals surface area contributed by atoms with Gasteiger partial charge in [-0.2, -0.15) is 0 Å². The molecule has 1 heterocycles. The Hall–Kier alpha value is -1.86. The third kappa shape index (κ3) is 2.50. The van der Waals surface area contributed by atoms with Crippen LogP contribution in [0.15, 0.2) is 12.1 Å². The molecule has 1 unspecified atom stereocenters. The van der Waals surface area contributed by atoms with Crippen molar-refractivity contribution in [3.05, 3.63) is 28.8 Å². The Labute approximate surface area is 128 Å². The lowest BCUT2D eigenvalue weighted by Crippen LogP contribution is -2.48. The van der Waals surface area contributed by atoms with Gasteiger partial charge in [-0.25, -0.2) is 4.79 Å². The molecule has 0 spiro atoms. The first-order valence-corrected chi connectivity index (χ1v) is 7.44. The second-order valence-corrected chi connectivity index (χ2v) is 5.95. The zero-order valence-corrected chi connectivity index (χ0v) is 12.3. The summed E-state index contributed by atoms with van der Waals surface area (Å²) in [7, 11) is -1.02. The Kier molecular flexibility index (Phi) is 3.93. The highest BCUT2D eigenvalue weighted by molar-refractivity contribution is 6.62. The van der Waals surface area contributed by atoms with Gasteiger partial charge in [-0.1, -0.05) is 12.5 Å². The van der Waals surface area contributed by atoms with Gasteiger partial charge in [0.05, 0.1) is 6.61 Å². The number of rotatable bonds is 4. The van der Waals surface area contributed by atoms with E-state index >= 15 is 0 Å². The van der Waals surface area contributed by atoms with Crippen molar-refractivity contribution >= 4 is 24.5 Å². The summed E-state index contributed by atoms with van der Waals surface area (Å²) in [4.78, 5) is 23.8. The fourth-order valence-corrected chi connectivity index (χ4v) is 3.13. The number of hydrogen-bond donors (Lipinski definition) is 3. The van der Waals surface area contributed by atoms with E-state index in [0.717, 1.165) is 24.8 Å². The quantitative estimate of drug-likeness (QED) is 0.690. The van der Waals surface area contributed by atoms with Crippen molar-refractivity contribution in [1.29, 1.82) is 0 Å². The minimum absolute atomic E-state index is 0.00473. The minimum atomic E-state index is -1.02. The highest BCUT2D eigenvalue weighted by Gasteiger charge is 2.35. The normalized spacial score (nSPS) is 18.5. The molecule has 1 amide bonds. The molecule has 0 radical (unpaired) electrons. The van der Waals surface area contributed by atoms with Crippen molar-refractivity contribution in [3.63, 3.8) is 0 Å². The van der Waals surface area contributed by atoms with Gasteiger partial charge in [0.1, 0.15) is 6.04 Å². The maximum Gasteiger partial charge on any atom is 0.492 e. The van der Waals surface area contributed by atoms with Crippen LogP contribution in [-0.4, -0.2) is 35.2 Å². The van der Waals surface area contributed by atoms with Crippen molar-refractivity contribution in [2.24, 2.45) is 5.92 Å². The van der Waals surface area contributed by atoms with E-state index in [2.05, 4.69) is 5.32 Å². The lowest BCUT2D eigenvalue weighted by Gasteiger charge is -2.31. The molecule has 1 aromatic carbocycles. The lowest BCUT2D eigenvalue weighted by atomic mass is 9.75. The summed E-state index contributed by atoms with van der Waals surface area (Å²) in [6.45, 7) is 2.06. The maximum atomic E-state index is 12.4. The number of carboxylic acid groups (broad SMARTS) is 1. The first kappa shape index (κ1) is 15.1. The number of aliphatic carboxylic acids is 1. The van der Waals surface area contributed by atoms with Crippen LogP contribution in [0.2, 0.25) is 0 Å². The molecular formula is C15H18BNO5. The molecule has 1 atom stereocenters. The first-order chi connectivity index (χ1) is 10.5. The Morgan fingerprint density at radius 3 is 2.73 bits per heavy atom. The summed E-state index contributed by atoms with van der Waals surface area (Å²) in [6, 6.07) is 2.55. The molecule has 6 nitrogen and oxygen atoms in total. The van der Waals surface area contributed by atoms with E-state index in [0.29, 0.717) is 23.2 Å². The van der Waals surface area contributed by atoms with Crippen LogP contribution in [0.5, 0.6) is 0 Å². The van der Waals surface area contributed by atoms with Gasteiger partial charge in [-0.05, 0) is 48.3 Å². The number of benzene rings is 1. The van der Waals surface area contributed by atoms with Gasteiger partial charge in [0.25, 0.3) is 5.91 Å². The molecule has 1 fully saturated rings. The van der Waals surface area contributed by atoms with Gasteiger partial charge >= 0.3 is 13.1 Å². The molecule has 0 aromatic heterocycles. The lowest BCUT2D eigenvalue weighted by molar-refractivity contribution is -0.141. The second-order valence-electron chi connectivity index (χ2n) is 5.95. The maximum absolute atomic E-state index is 12.4. The Balaban J connectivity index is 1.83.